The normalized spacial score (nSPS) is 22.8. The molecular formula is C18H29NO2. The first-order valence-corrected chi connectivity index (χ1v) is 8.36. The predicted molar refractivity (Wildman–Crippen MR) is 86.7 cm³/mol. The Labute approximate surface area is 128 Å². The first-order chi connectivity index (χ1) is 10.2. The summed E-state index contributed by atoms with van der Waals surface area (Å²) in [5.74, 6) is 0.965. The molecule has 1 aliphatic carbocycles. The molecule has 1 fully saturated rings. The van der Waals surface area contributed by atoms with Gasteiger partial charge in [0.25, 0.3) is 0 Å². The Morgan fingerprint density at radius 3 is 2.86 bits per heavy atom. The average molecular weight is 291 g/mol. The number of ether oxygens (including phenoxy) is 1. The van der Waals surface area contributed by atoms with Gasteiger partial charge in [-0.3, -0.25) is 0 Å². The van der Waals surface area contributed by atoms with Crippen LogP contribution in [0.3, 0.4) is 0 Å². The first kappa shape index (κ1) is 16.3. The second kappa shape index (κ2) is 8.40. The fourth-order valence-electron chi connectivity index (χ4n) is 2.96. The van der Waals surface area contributed by atoms with Gasteiger partial charge in [0.15, 0.2) is 0 Å². The lowest BCUT2D eigenvalue weighted by molar-refractivity contribution is 0.0310. The molecule has 0 amide bonds. The summed E-state index contributed by atoms with van der Waals surface area (Å²) in [6.07, 6.45) is 6.02. The number of nitrogens with one attached hydrogen (secondary N) is 1. The number of benzene rings is 1. The summed E-state index contributed by atoms with van der Waals surface area (Å²) in [7, 11) is 0. The molecule has 0 heterocycles. The maximum absolute atomic E-state index is 10.3. The van der Waals surface area contributed by atoms with Gasteiger partial charge in [0.1, 0.15) is 11.9 Å². The highest BCUT2D eigenvalue weighted by atomic mass is 16.5. The fraction of sp³-hybridized carbons (Fsp3) is 0.667. The number of hydrogen-bond acceptors (Lipinski definition) is 3. The Kier molecular flexibility index (Phi) is 6.52. The van der Waals surface area contributed by atoms with Crippen molar-refractivity contribution in [2.45, 2.75) is 71.1 Å². The van der Waals surface area contributed by atoms with E-state index in [0.29, 0.717) is 0 Å². The molecule has 2 unspecified atom stereocenters. The lowest BCUT2D eigenvalue weighted by Gasteiger charge is -2.25. The van der Waals surface area contributed by atoms with Gasteiger partial charge in [-0.05, 0) is 44.7 Å². The van der Waals surface area contributed by atoms with E-state index in [9.17, 15) is 5.11 Å². The number of hydrogen-bond donors (Lipinski definition) is 2. The van der Waals surface area contributed by atoms with Crippen LogP contribution in [0.2, 0.25) is 0 Å². The third kappa shape index (κ3) is 4.72. The van der Waals surface area contributed by atoms with Gasteiger partial charge in [0, 0.05) is 12.1 Å². The standard InChI is InChI=1S/C18H29NO2/c1-3-12-19-13-15-9-7-8-14(2)18(15)21-17-11-6-4-5-10-16(17)20/h7-9,16-17,19-20H,3-6,10-13H2,1-2H3. The molecule has 3 heteroatoms. The van der Waals surface area contributed by atoms with Crippen LogP contribution in [-0.2, 0) is 6.54 Å². The molecule has 1 saturated carbocycles. The molecule has 21 heavy (non-hydrogen) atoms. The van der Waals surface area contributed by atoms with E-state index in [2.05, 4.69) is 37.4 Å². The van der Waals surface area contributed by atoms with Gasteiger partial charge < -0.3 is 15.2 Å². The molecule has 2 rings (SSSR count). The minimum atomic E-state index is -0.330. The summed E-state index contributed by atoms with van der Waals surface area (Å²) in [6, 6.07) is 6.28. The topological polar surface area (TPSA) is 41.5 Å². The number of rotatable bonds is 6. The molecule has 2 atom stereocenters. The van der Waals surface area contributed by atoms with Crippen LogP contribution in [0.25, 0.3) is 0 Å². The SMILES string of the molecule is CCCNCc1cccc(C)c1OC1CCCCCC1O. The zero-order valence-corrected chi connectivity index (χ0v) is 13.4. The van der Waals surface area contributed by atoms with Crippen LogP contribution in [0.1, 0.15) is 56.6 Å². The number of para-hydroxylation sites is 1. The van der Waals surface area contributed by atoms with E-state index in [4.69, 9.17) is 4.74 Å². The minimum Gasteiger partial charge on any atom is -0.487 e. The van der Waals surface area contributed by atoms with Crippen molar-refractivity contribution < 1.29 is 9.84 Å². The van der Waals surface area contributed by atoms with Gasteiger partial charge >= 0.3 is 0 Å². The molecule has 118 valence electrons. The highest BCUT2D eigenvalue weighted by molar-refractivity contribution is 5.41. The van der Waals surface area contributed by atoms with Crippen molar-refractivity contribution in [1.82, 2.24) is 5.32 Å². The zero-order valence-electron chi connectivity index (χ0n) is 13.4. The van der Waals surface area contributed by atoms with Crippen LogP contribution >= 0.6 is 0 Å². The molecule has 3 nitrogen and oxygen atoms in total. The monoisotopic (exact) mass is 291 g/mol. The van der Waals surface area contributed by atoms with Crippen LogP contribution in [0, 0.1) is 6.92 Å². The quantitative estimate of drug-likeness (QED) is 0.622. The van der Waals surface area contributed by atoms with Crippen LogP contribution in [-0.4, -0.2) is 23.9 Å². The van der Waals surface area contributed by atoms with Gasteiger partial charge in [-0.1, -0.05) is 38.0 Å². The molecule has 1 aromatic rings. The van der Waals surface area contributed by atoms with Gasteiger partial charge in [0.05, 0.1) is 6.10 Å². The van der Waals surface area contributed by atoms with Crippen molar-refractivity contribution in [2.75, 3.05) is 6.54 Å². The molecule has 0 aromatic heterocycles. The maximum Gasteiger partial charge on any atom is 0.127 e. The van der Waals surface area contributed by atoms with Crippen LogP contribution in [0.15, 0.2) is 18.2 Å². The summed E-state index contributed by atoms with van der Waals surface area (Å²) in [4.78, 5) is 0. The van der Waals surface area contributed by atoms with Gasteiger partial charge in [-0.15, -0.1) is 0 Å². The fourth-order valence-corrected chi connectivity index (χ4v) is 2.96. The van der Waals surface area contributed by atoms with E-state index >= 15 is 0 Å². The second-order valence-electron chi connectivity index (χ2n) is 6.10. The summed E-state index contributed by atoms with van der Waals surface area (Å²) in [5.41, 5.74) is 2.35. The van der Waals surface area contributed by atoms with Gasteiger partial charge in [-0.2, -0.15) is 0 Å². The van der Waals surface area contributed by atoms with Crippen LogP contribution in [0.5, 0.6) is 5.75 Å². The van der Waals surface area contributed by atoms with E-state index in [1.54, 1.807) is 0 Å². The van der Waals surface area contributed by atoms with Crippen molar-refractivity contribution in [1.29, 1.82) is 0 Å². The first-order valence-electron chi connectivity index (χ1n) is 8.36. The molecule has 0 bridgehead atoms. The molecule has 0 aliphatic heterocycles. The Bertz CT molecular complexity index is 433. The summed E-state index contributed by atoms with van der Waals surface area (Å²) >= 11 is 0. The summed E-state index contributed by atoms with van der Waals surface area (Å²) in [5, 5.41) is 13.7. The van der Waals surface area contributed by atoms with Crippen molar-refractivity contribution in [2.24, 2.45) is 0 Å². The number of aliphatic hydroxyl groups excluding tert-OH is 1. The molecular weight excluding hydrogens is 262 g/mol. The average Bonchev–Trinajstić information content (AvgIpc) is 2.67. The van der Waals surface area contributed by atoms with Crippen molar-refractivity contribution in [3.05, 3.63) is 29.3 Å². The third-order valence-electron chi connectivity index (χ3n) is 4.22. The predicted octanol–water partition coefficient (Wildman–Crippen LogP) is 3.57. The minimum absolute atomic E-state index is 0.0569. The largest absolute Gasteiger partial charge is 0.487 e. The smallest absolute Gasteiger partial charge is 0.127 e. The van der Waals surface area contributed by atoms with E-state index in [-0.39, 0.29) is 12.2 Å². The van der Waals surface area contributed by atoms with Crippen molar-refractivity contribution in [3.8, 4) is 5.75 Å². The van der Waals surface area contributed by atoms with E-state index in [1.807, 2.05) is 0 Å². The lowest BCUT2D eigenvalue weighted by atomic mass is 10.1. The van der Waals surface area contributed by atoms with Gasteiger partial charge in [0.2, 0.25) is 0 Å². The number of aryl methyl sites for hydroxylation is 1. The molecule has 0 spiro atoms. The summed E-state index contributed by atoms with van der Waals surface area (Å²) < 4.78 is 6.25. The van der Waals surface area contributed by atoms with Gasteiger partial charge in [-0.25, -0.2) is 0 Å². The van der Waals surface area contributed by atoms with E-state index < -0.39 is 0 Å². The summed E-state index contributed by atoms with van der Waals surface area (Å²) in [6.45, 7) is 6.09. The Morgan fingerprint density at radius 2 is 2.05 bits per heavy atom. The molecule has 1 aliphatic rings. The highest BCUT2D eigenvalue weighted by Crippen LogP contribution is 2.28. The maximum atomic E-state index is 10.3. The van der Waals surface area contributed by atoms with Crippen molar-refractivity contribution in [3.63, 3.8) is 0 Å². The Hall–Kier alpha value is -1.06. The van der Waals surface area contributed by atoms with Crippen LogP contribution < -0.4 is 10.1 Å². The Morgan fingerprint density at radius 1 is 1.24 bits per heavy atom. The van der Waals surface area contributed by atoms with Crippen molar-refractivity contribution >= 4 is 0 Å². The molecule has 1 aromatic carbocycles. The van der Waals surface area contributed by atoms with E-state index in [0.717, 1.165) is 56.5 Å². The lowest BCUT2D eigenvalue weighted by Crippen LogP contribution is -2.31. The zero-order chi connectivity index (χ0) is 15.1. The molecule has 2 N–H and O–H groups in total. The third-order valence-corrected chi connectivity index (χ3v) is 4.22. The molecule has 0 saturated heterocycles. The second-order valence-corrected chi connectivity index (χ2v) is 6.10. The van der Waals surface area contributed by atoms with Crippen LogP contribution in [0.4, 0.5) is 0 Å². The Balaban J connectivity index is 2.09. The highest BCUT2D eigenvalue weighted by Gasteiger charge is 2.24. The molecule has 0 radical (unpaired) electrons. The number of aliphatic hydroxyl groups is 1. The van der Waals surface area contributed by atoms with E-state index in [1.165, 1.54) is 12.0 Å².